The van der Waals surface area contributed by atoms with E-state index in [0.29, 0.717) is 6.04 Å². The Morgan fingerprint density at radius 2 is 2.05 bits per heavy atom. The van der Waals surface area contributed by atoms with Gasteiger partial charge in [0.1, 0.15) is 5.82 Å². The smallest absolute Gasteiger partial charge is 0.123 e. The van der Waals surface area contributed by atoms with E-state index in [1.54, 1.807) is 19.2 Å². The number of hydrogen-bond acceptors (Lipinski definition) is 2. The molecule has 0 amide bonds. The first kappa shape index (κ1) is 16.1. The van der Waals surface area contributed by atoms with Crippen LogP contribution in [0.15, 0.2) is 18.2 Å². The molecule has 0 aliphatic heterocycles. The summed E-state index contributed by atoms with van der Waals surface area (Å²) in [4.78, 5) is 0. The van der Waals surface area contributed by atoms with Crippen molar-refractivity contribution in [1.29, 1.82) is 0 Å². The Labute approximate surface area is 116 Å². The second kappa shape index (κ2) is 8.28. The van der Waals surface area contributed by atoms with E-state index >= 15 is 0 Å². The van der Waals surface area contributed by atoms with E-state index in [4.69, 9.17) is 4.74 Å². The fourth-order valence-corrected chi connectivity index (χ4v) is 2.27. The first-order valence-corrected chi connectivity index (χ1v) is 7.08. The molecule has 0 aliphatic rings. The average molecular weight is 267 g/mol. The quantitative estimate of drug-likeness (QED) is 0.778. The van der Waals surface area contributed by atoms with Gasteiger partial charge in [-0.1, -0.05) is 13.0 Å². The standard InChI is InChI=1S/C16H26FNO/c1-5-18-16(9-6-13(3)19-4)11-14-7-8-15(17)10-12(14)2/h7-8,10,13,16,18H,5-6,9,11H2,1-4H3. The van der Waals surface area contributed by atoms with Crippen LogP contribution in [-0.4, -0.2) is 25.8 Å². The summed E-state index contributed by atoms with van der Waals surface area (Å²) in [6.07, 6.45) is 3.33. The van der Waals surface area contributed by atoms with Crippen molar-refractivity contribution in [2.45, 2.75) is 52.2 Å². The fourth-order valence-electron chi connectivity index (χ4n) is 2.27. The van der Waals surface area contributed by atoms with Crippen molar-refractivity contribution in [1.82, 2.24) is 5.32 Å². The molecule has 0 saturated carbocycles. The lowest BCUT2D eigenvalue weighted by Crippen LogP contribution is -2.32. The molecule has 1 aromatic rings. The van der Waals surface area contributed by atoms with Gasteiger partial charge in [-0.25, -0.2) is 4.39 Å². The molecule has 19 heavy (non-hydrogen) atoms. The van der Waals surface area contributed by atoms with Crippen molar-refractivity contribution < 1.29 is 9.13 Å². The molecule has 0 spiro atoms. The number of halogens is 1. The molecule has 0 radical (unpaired) electrons. The normalized spacial score (nSPS) is 14.4. The molecule has 1 rings (SSSR count). The molecule has 2 nitrogen and oxygen atoms in total. The maximum Gasteiger partial charge on any atom is 0.123 e. The third kappa shape index (κ3) is 5.70. The summed E-state index contributed by atoms with van der Waals surface area (Å²) in [5, 5.41) is 3.50. The molecule has 1 N–H and O–H groups in total. The van der Waals surface area contributed by atoms with E-state index in [-0.39, 0.29) is 11.9 Å². The van der Waals surface area contributed by atoms with Gasteiger partial charge in [0, 0.05) is 13.2 Å². The number of ether oxygens (including phenoxy) is 1. The van der Waals surface area contributed by atoms with Gasteiger partial charge in [0.15, 0.2) is 0 Å². The van der Waals surface area contributed by atoms with Crippen LogP contribution in [0.5, 0.6) is 0 Å². The molecule has 0 saturated heterocycles. The van der Waals surface area contributed by atoms with Gasteiger partial charge in [0.05, 0.1) is 6.10 Å². The maximum atomic E-state index is 13.1. The average Bonchev–Trinajstić information content (AvgIpc) is 2.38. The van der Waals surface area contributed by atoms with E-state index in [0.717, 1.165) is 31.4 Å². The lowest BCUT2D eigenvalue weighted by atomic mass is 9.97. The minimum absolute atomic E-state index is 0.158. The lowest BCUT2D eigenvalue weighted by molar-refractivity contribution is 0.106. The topological polar surface area (TPSA) is 21.3 Å². The largest absolute Gasteiger partial charge is 0.382 e. The zero-order valence-electron chi connectivity index (χ0n) is 12.5. The number of aryl methyl sites for hydroxylation is 1. The van der Waals surface area contributed by atoms with Gasteiger partial charge in [-0.15, -0.1) is 0 Å². The molecule has 0 bridgehead atoms. The summed E-state index contributed by atoms with van der Waals surface area (Å²) in [6, 6.07) is 5.47. The number of benzene rings is 1. The van der Waals surface area contributed by atoms with Gasteiger partial charge in [0.25, 0.3) is 0 Å². The van der Waals surface area contributed by atoms with E-state index in [1.807, 2.05) is 13.0 Å². The van der Waals surface area contributed by atoms with Crippen LogP contribution in [0.25, 0.3) is 0 Å². The Kier molecular flexibility index (Phi) is 7.03. The van der Waals surface area contributed by atoms with Gasteiger partial charge in [-0.2, -0.15) is 0 Å². The van der Waals surface area contributed by atoms with Gasteiger partial charge in [0.2, 0.25) is 0 Å². The van der Waals surface area contributed by atoms with Crippen molar-refractivity contribution in [3.8, 4) is 0 Å². The van der Waals surface area contributed by atoms with Gasteiger partial charge in [-0.05, 0) is 62.9 Å². The van der Waals surface area contributed by atoms with Crippen LogP contribution in [0.3, 0.4) is 0 Å². The Hall–Kier alpha value is -0.930. The van der Waals surface area contributed by atoms with Crippen molar-refractivity contribution in [2.75, 3.05) is 13.7 Å². The summed E-state index contributed by atoms with van der Waals surface area (Å²) in [7, 11) is 1.75. The summed E-state index contributed by atoms with van der Waals surface area (Å²) < 4.78 is 18.4. The number of likely N-dealkylation sites (N-methyl/N-ethyl adjacent to an activating group) is 1. The zero-order valence-corrected chi connectivity index (χ0v) is 12.5. The Balaban J connectivity index is 2.61. The third-order valence-electron chi connectivity index (χ3n) is 3.59. The number of methoxy groups -OCH3 is 1. The van der Waals surface area contributed by atoms with Crippen LogP contribution >= 0.6 is 0 Å². The van der Waals surface area contributed by atoms with E-state index in [1.165, 1.54) is 5.56 Å². The predicted octanol–water partition coefficient (Wildman–Crippen LogP) is 3.47. The van der Waals surface area contributed by atoms with Crippen molar-refractivity contribution >= 4 is 0 Å². The molecule has 0 aliphatic carbocycles. The minimum atomic E-state index is -0.158. The molecular weight excluding hydrogens is 241 g/mol. The molecule has 108 valence electrons. The summed E-state index contributed by atoms with van der Waals surface area (Å²) >= 11 is 0. The number of rotatable bonds is 8. The second-order valence-corrected chi connectivity index (χ2v) is 5.15. The van der Waals surface area contributed by atoms with Crippen LogP contribution in [0.1, 0.15) is 37.8 Å². The first-order chi connectivity index (χ1) is 9.06. The molecule has 3 heteroatoms. The van der Waals surface area contributed by atoms with Crippen LogP contribution in [0.4, 0.5) is 4.39 Å². The number of hydrogen-bond donors (Lipinski definition) is 1. The van der Waals surface area contributed by atoms with Crippen LogP contribution in [0.2, 0.25) is 0 Å². The highest BCUT2D eigenvalue weighted by Crippen LogP contribution is 2.15. The lowest BCUT2D eigenvalue weighted by Gasteiger charge is -2.20. The molecule has 2 atom stereocenters. The highest BCUT2D eigenvalue weighted by atomic mass is 19.1. The monoisotopic (exact) mass is 267 g/mol. The van der Waals surface area contributed by atoms with Gasteiger partial charge < -0.3 is 10.1 Å². The SMILES string of the molecule is CCNC(CCC(C)OC)Cc1ccc(F)cc1C. The maximum absolute atomic E-state index is 13.1. The fraction of sp³-hybridized carbons (Fsp3) is 0.625. The highest BCUT2D eigenvalue weighted by molar-refractivity contribution is 5.27. The van der Waals surface area contributed by atoms with Gasteiger partial charge >= 0.3 is 0 Å². The Morgan fingerprint density at radius 1 is 1.32 bits per heavy atom. The molecule has 0 aromatic heterocycles. The molecule has 1 aromatic carbocycles. The molecular formula is C16H26FNO. The van der Waals surface area contributed by atoms with Crippen LogP contribution in [-0.2, 0) is 11.2 Å². The second-order valence-electron chi connectivity index (χ2n) is 5.15. The van der Waals surface area contributed by atoms with Crippen LogP contribution < -0.4 is 5.32 Å². The first-order valence-electron chi connectivity index (χ1n) is 7.08. The van der Waals surface area contributed by atoms with Crippen molar-refractivity contribution in [2.24, 2.45) is 0 Å². The third-order valence-corrected chi connectivity index (χ3v) is 3.59. The minimum Gasteiger partial charge on any atom is -0.382 e. The summed E-state index contributed by atoms with van der Waals surface area (Å²) in [5.74, 6) is -0.158. The molecule has 0 heterocycles. The zero-order chi connectivity index (χ0) is 14.3. The van der Waals surface area contributed by atoms with E-state index in [9.17, 15) is 4.39 Å². The summed E-state index contributed by atoms with van der Waals surface area (Å²) in [6.45, 7) is 7.13. The Morgan fingerprint density at radius 3 is 2.63 bits per heavy atom. The van der Waals surface area contributed by atoms with Crippen molar-refractivity contribution in [3.63, 3.8) is 0 Å². The van der Waals surface area contributed by atoms with E-state index < -0.39 is 0 Å². The molecule has 0 fully saturated rings. The number of nitrogens with one attached hydrogen (secondary N) is 1. The molecule has 2 unspecified atom stereocenters. The Bertz CT molecular complexity index is 381. The predicted molar refractivity (Wildman–Crippen MR) is 78.0 cm³/mol. The van der Waals surface area contributed by atoms with Crippen LogP contribution in [0, 0.1) is 12.7 Å². The summed E-state index contributed by atoms with van der Waals surface area (Å²) in [5.41, 5.74) is 2.25. The van der Waals surface area contributed by atoms with Crippen molar-refractivity contribution in [3.05, 3.63) is 35.1 Å². The highest BCUT2D eigenvalue weighted by Gasteiger charge is 2.12. The van der Waals surface area contributed by atoms with Gasteiger partial charge in [-0.3, -0.25) is 0 Å². The van der Waals surface area contributed by atoms with E-state index in [2.05, 4.69) is 19.2 Å².